The maximum Gasteiger partial charge on any atom is 0.475 e. The molecule has 25 heavy (non-hydrogen) atoms. The van der Waals surface area contributed by atoms with Crippen LogP contribution in [0.2, 0.25) is 0 Å². The van der Waals surface area contributed by atoms with Gasteiger partial charge in [-0.2, -0.15) is 4.98 Å². The molecule has 2 saturated heterocycles. The molecule has 9 nitrogen and oxygen atoms in total. The average Bonchev–Trinajstić information content (AvgIpc) is 2.79. The van der Waals surface area contributed by atoms with Crippen LogP contribution in [0.5, 0.6) is 0 Å². The van der Waals surface area contributed by atoms with Crippen LogP contribution in [0.4, 0.5) is 5.82 Å². The van der Waals surface area contributed by atoms with Crippen LogP contribution in [-0.4, -0.2) is 34.5 Å². The second kappa shape index (κ2) is 6.24. The molecule has 0 aliphatic carbocycles. The van der Waals surface area contributed by atoms with E-state index in [1.807, 2.05) is 0 Å². The first-order chi connectivity index (χ1) is 11.7. The van der Waals surface area contributed by atoms with Gasteiger partial charge in [0.1, 0.15) is 23.4 Å². The molecule has 10 heteroatoms. The van der Waals surface area contributed by atoms with Crippen molar-refractivity contribution in [3.05, 3.63) is 22.7 Å². The Kier molecular flexibility index (Phi) is 4.52. The number of nitrogens with zero attached hydrogens (tertiary/aromatic N) is 2. The van der Waals surface area contributed by atoms with Gasteiger partial charge in [0.25, 0.3) is 0 Å². The number of hydrogen-bond donors (Lipinski definition) is 1. The van der Waals surface area contributed by atoms with Crippen molar-refractivity contribution in [1.29, 1.82) is 0 Å². The normalized spacial score (nSPS) is 37.6. The monoisotopic (exact) mass is 369 g/mol. The number of nitrogens with two attached hydrogens (primary N) is 1. The molecule has 2 aliphatic rings. The molecule has 0 aromatic carbocycles. The Balaban J connectivity index is 1.97. The van der Waals surface area contributed by atoms with E-state index in [2.05, 4.69) is 10.9 Å². The van der Waals surface area contributed by atoms with E-state index in [0.29, 0.717) is 0 Å². The highest BCUT2D eigenvalue weighted by atomic mass is 31.2. The molecule has 1 aromatic rings. The number of rotatable bonds is 3. The van der Waals surface area contributed by atoms with E-state index in [1.54, 1.807) is 20.8 Å². The summed E-state index contributed by atoms with van der Waals surface area (Å²) in [6.45, 7) is 5.09. The molecule has 1 unspecified atom stereocenters. The number of phosphoric acid groups is 1. The van der Waals surface area contributed by atoms with Crippen molar-refractivity contribution in [2.24, 2.45) is 5.41 Å². The summed E-state index contributed by atoms with van der Waals surface area (Å²) in [7, 11) is -3.77. The Labute approximate surface area is 145 Å². The van der Waals surface area contributed by atoms with Crippen LogP contribution < -0.4 is 11.4 Å². The number of aromatic nitrogens is 2. The number of ether oxygens (including phenoxy) is 1. The summed E-state index contributed by atoms with van der Waals surface area (Å²) >= 11 is 0. The molecule has 3 heterocycles. The van der Waals surface area contributed by atoms with Gasteiger partial charge in [-0.25, -0.2) is 9.36 Å². The number of nitrogen functional groups attached to an aromatic ring is 1. The van der Waals surface area contributed by atoms with Crippen molar-refractivity contribution in [2.45, 2.75) is 45.3 Å². The van der Waals surface area contributed by atoms with Crippen molar-refractivity contribution in [2.75, 3.05) is 12.3 Å². The Hall–Kier alpha value is -1.69. The van der Waals surface area contributed by atoms with Crippen molar-refractivity contribution in [3.8, 4) is 12.3 Å². The second-order valence-electron chi connectivity index (χ2n) is 6.42. The molecule has 0 amide bonds. The quantitative estimate of drug-likeness (QED) is 0.626. The SMILES string of the molecule is C#C[C@]1(C)[C@@H]2OP(=O)(OC(C)C)OC[C@H]2O[C@H]1n1ccc(N)nc1=O. The van der Waals surface area contributed by atoms with Crippen LogP contribution in [-0.2, 0) is 22.9 Å². The Morgan fingerprint density at radius 3 is 2.92 bits per heavy atom. The Morgan fingerprint density at radius 1 is 1.60 bits per heavy atom. The van der Waals surface area contributed by atoms with Gasteiger partial charge in [-0.05, 0) is 26.8 Å². The standard InChI is InChI=1S/C15H20N3O6P/c1-5-15(4)12-10(8-21-25(20,24-12)23-9(2)3)22-13(15)18-7-6-11(16)17-14(18)19/h1,6-7,9-10,12-13H,8H2,2-4H3,(H2,16,17,19)/t10-,12-,13-,15-,25?/m1/s1. The number of terminal acetylenes is 1. The van der Waals surface area contributed by atoms with E-state index in [9.17, 15) is 9.36 Å². The van der Waals surface area contributed by atoms with Gasteiger partial charge in [0.05, 0.1) is 12.7 Å². The predicted octanol–water partition coefficient (Wildman–Crippen LogP) is 1.31. The third-order valence-corrected chi connectivity index (χ3v) is 5.77. The summed E-state index contributed by atoms with van der Waals surface area (Å²) in [4.78, 5) is 15.9. The summed E-state index contributed by atoms with van der Waals surface area (Å²) in [6, 6.07) is 1.47. The highest BCUT2D eigenvalue weighted by molar-refractivity contribution is 7.48. The molecular weight excluding hydrogens is 349 g/mol. The van der Waals surface area contributed by atoms with Crippen molar-refractivity contribution in [3.63, 3.8) is 0 Å². The third-order valence-electron chi connectivity index (χ3n) is 4.14. The van der Waals surface area contributed by atoms with Crippen LogP contribution in [0.3, 0.4) is 0 Å². The molecule has 0 saturated carbocycles. The molecule has 2 N–H and O–H groups in total. The fourth-order valence-electron chi connectivity index (χ4n) is 2.97. The summed E-state index contributed by atoms with van der Waals surface area (Å²) in [5.41, 5.74) is 3.83. The van der Waals surface area contributed by atoms with Gasteiger partial charge in [-0.1, -0.05) is 5.92 Å². The minimum absolute atomic E-state index is 0.0282. The lowest BCUT2D eigenvalue weighted by Gasteiger charge is -2.35. The lowest BCUT2D eigenvalue weighted by atomic mass is 9.83. The van der Waals surface area contributed by atoms with Gasteiger partial charge in [-0.3, -0.25) is 18.1 Å². The van der Waals surface area contributed by atoms with E-state index < -0.39 is 37.4 Å². The van der Waals surface area contributed by atoms with Crippen LogP contribution in [0.15, 0.2) is 17.1 Å². The lowest BCUT2D eigenvalue weighted by Crippen LogP contribution is -2.43. The maximum absolute atomic E-state index is 12.7. The number of fused-ring (bicyclic) bond motifs is 1. The summed E-state index contributed by atoms with van der Waals surface area (Å²) in [6.07, 6.45) is 4.57. The second-order valence-corrected chi connectivity index (χ2v) is 7.99. The summed E-state index contributed by atoms with van der Waals surface area (Å²) in [5, 5.41) is 0. The number of anilines is 1. The number of hydrogen-bond acceptors (Lipinski definition) is 8. The predicted molar refractivity (Wildman–Crippen MR) is 88.4 cm³/mol. The Morgan fingerprint density at radius 2 is 2.32 bits per heavy atom. The average molecular weight is 369 g/mol. The topological polar surface area (TPSA) is 115 Å². The molecule has 0 bridgehead atoms. The molecule has 1 aromatic heterocycles. The van der Waals surface area contributed by atoms with Crippen molar-refractivity contribution >= 4 is 13.6 Å². The first kappa shape index (κ1) is 18.1. The van der Waals surface area contributed by atoms with Crippen LogP contribution >= 0.6 is 7.82 Å². The molecule has 2 aliphatic heterocycles. The Bertz CT molecular complexity index is 818. The lowest BCUT2D eigenvalue weighted by molar-refractivity contribution is -0.0748. The zero-order valence-corrected chi connectivity index (χ0v) is 15.0. The first-order valence-electron chi connectivity index (χ1n) is 7.78. The molecule has 0 spiro atoms. The number of phosphoric ester groups is 1. The zero-order valence-electron chi connectivity index (χ0n) is 14.1. The van der Waals surface area contributed by atoms with E-state index in [0.717, 1.165) is 0 Å². The maximum atomic E-state index is 12.7. The molecule has 2 fully saturated rings. The molecule has 136 valence electrons. The van der Waals surface area contributed by atoms with Crippen LogP contribution in [0, 0.1) is 17.8 Å². The molecular formula is C15H20N3O6P. The zero-order chi connectivity index (χ0) is 18.4. The highest BCUT2D eigenvalue weighted by Gasteiger charge is 2.60. The third kappa shape index (κ3) is 3.12. The summed E-state index contributed by atoms with van der Waals surface area (Å²) in [5.74, 6) is 2.71. The minimum Gasteiger partial charge on any atom is -0.383 e. The molecule has 0 radical (unpaired) electrons. The fraction of sp³-hybridized carbons (Fsp3) is 0.600. The van der Waals surface area contributed by atoms with Crippen molar-refractivity contribution in [1.82, 2.24) is 9.55 Å². The minimum atomic E-state index is -3.77. The van der Waals surface area contributed by atoms with Gasteiger partial charge >= 0.3 is 13.5 Å². The van der Waals surface area contributed by atoms with Crippen molar-refractivity contribution < 1.29 is 22.9 Å². The highest BCUT2D eigenvalue weighted by Crippen LogP contribution is 2.61. The van der Waals surface area contributed by atoms with E-state index >= 15 is 0 Å². The van der Waals surface area contributed by atoms with Gasteiger partial charge in [0, 0.05) is 6.20 Å². The van der Waals surface area contributed by atoms with E-state index in [4.69, 9.17) is 30.5 Å². The van der Waals surface area contributed by atoms with Gasteiger partial charge < -0.3 is 10.5 Å². The molecule has 3 rings (SSSR count). The first-order valence-corrected chi connectivity index (χ1v) is 9.24. The summed E-state index contributed by atoms with van der Waals surface area (Å²) < 4.78 is 36.0. The fourth-order valence-corrected chi connectivity index (χ4v) is 4.62. The van der Waals surface area contributed by atoms with E-state index in [1.165, 1.54) is 16.8 Å². The van der Waals surface area contributed by atoms with Gasteiger partial charge in [0.15, 0.2) is 6.23 Å². The van der Waals surface area contributed by atoms with Gasteiger partial charge in [-0.15, -0.1) is 6.42 Å². The smallest absolute Gasteiger partial charge is 0.383 e. The van der Waals surface area contributed by atoms with Crippen LogP contribution in [0.25, 0.3) is 0 Å². The van der Waals surface area contributed by atoms with Gasteiger partial charge in [0.2, 0.25) is 0 Å². The largest absolute Gasteiger partial charge is 0.475 e. The van der Waals surface area contributed by atoms with E-state index in [-0.39, 0.29) is 18.5 Å². The van der Waals surface area contributed by atoms with Crippen LogP contribution in [0.1, 0.15) is 27.0 Å². The molecule has 5 atom stereocenters.